The quantitative estimate of drug-likeness (QED) is 0.553. The lowest BCUT2D eigenvalue weighted by molar-refractivity contribution is -0.183. The molecule has 0 saturated carbocycles. The number of nitrogens with one attached hydrogen (secondary N) is 2. The van der Waals surface area contributed by atoms with Gasteiger partial charge in [-0.3, -0.25) is 4.90 Å². The Labute approximate surface area is 150 Å². The Balaban J connectivity index is 2.07. The number of halogens is 3. The van der Waals surface area contributed by atoms with Crippen molar-refractivity contribution in [3.8, 4) is 0 Å². The highest BCUT2D eigenvalue weighted by Gasteiger charge is 2.47. The van der Waals surface area contributed by atoms with E-state index in [1.54, 1.807) is 20.8 Å². The number of nitrogens with zero attached hydrogens (tertiary/aromatic N) is 2. The molecule has 1 aliphatic rings. The van der Waals surface area contributed by atoms with Gasteiger partial charge in [0, 0.05) is 25.3 Å². The Morgan fingerprint density at radius 1 is 1.38 bits per heavy atom. The molecule has 1 fully saturated rings. The average Bonchev–Trinajstić information content (AvgIpc) is 2.92. The van der Waals surface area contributed by atoms with E-state index in [1.165, 1.54) is 17.0 Å². The van der Waals surface area contributed by atoms with Gasteiger partial charge >= 0.3 is 12.3 Å². The summed E-state index contributed by atoms with van der Waals surface area (Å²) in [5.41, 5.74) is 1.64. The van der Waals surface area contributed by atoms with E-state index in [4.69, 9.17) is 10.6 Å². The van der Waals surface area contributed by atoms with Crippen LogP contribution < -0.4 is 16.6 Å². The summed E-state index contributed by atoms with van der Waals surface area (Å²) in [6.07, 6.45) is -3.54. The van der Waals surface area contributed by atoms with Crippen LogP contribution in [0.25, 0.3) is 0 Å². The van der Waals surface area contributed by atoms with Crippen LogP contribution in [0, 0.1) is 0 Å². The van der Waals surface area contributed by atoms with Gasteiger partial charge in [0.2, 0.25) is 0 Å². The van der Waals surface area contributed by atoms with E-state index in [0.717, 1.165) is 6.20 Å². The molecule has 26 heavy (non-hydrogen) atoms. The molecule has 1 unspecified atom stereocenters. The van der Waals surface area contributed by atoms with Gasteiger partial charge in [-0.05, 0) is 38.8 Å². The zero-order valence-corrected chi connectivity index (χ0v) is 14.9. The van der Waals surface area contributed by atoms with Gasteiger partial charge in [0.25, 0.3) is 0 Å². The molecule has 2 atom stereocenters. The molecule has 0 bridgehead atoms. The zero-order chi connectivity index (χ0) is 19.5. The van der Waals surface area contributed by atoms with Gasteiger partial charge < -0.3 is 15.5 Å². The summed E-state index contributed by atoms with van der Waals surface area (Å²) in [7, 11) is 0. The van der Waals surface area contributed by atoms with Crippen LogP contribution in [0.1, 0.15) is 38.8 Å². The summed E-state index contributed by atoms with van der Waals surface area (Å²) < 4.78 is 46.0. The second-order valence-electron chi connectivity index (χ2n) is 7.19. The molecule has 0 spiro atoms. The Morgan fingerprint density at radius 2 is 2.08 bits per heavy atom. The molecule has 10 heteroatoms. The number of rotatable bonds is 4. The Morgan fingerprint density at radius 3 is 2.58 bits per heavy atom. The minimum Gasteiger partial charge on any atom is -0.444 e. The fourth-order valence-corrected chi connectivity index (χ4v) is 2.87. The van der Waals surface area contributed by atoms with E-state index >= 15 is 0 Å². The topological polar surface area (TPSA) is 92.5 Å². The number of nitrogens with two attached hydrogens (primary N) is 1. The van der Waals surface area contributed by atoms with Gasteiger partial charge in [-0.1, -0.05) is 6.07 Å². The van der Waals surface area contributed by atoms with E-state index in [2.05, 4.69) is 15.7 Å². The molecule has 1 saturated heterocycles. The summed E-state index contributed by atoms with van der Waals surface area (Å²) in [5.74, 6) is 5.47. The number of aromatic nitrogens is 1. The summed E-state index contributed by atoms with van der Waals surface area (Å²) in [6, 6.07) is 0.523. The van der Waals surface area contributed by atoms with Crippen LogP contribution in [0.4, 0.5) is 23.8 Å². The number of likely N-dealkylation sites (tertiary alicyclic amines) is 1. The van der Waals surface area contributed by atoms with Gasteiger partial charge in [-0.2, -0.15) is 13.2 Å². The van der Waals surface area contributed by atoms with Gasteiger partial charge in [0.15, 0.2) is 0 Å². The molecule has 0 aliphatic carbocycles. The zero-order valence-electron chi connectivity index (χ0n) is 14.9. The highest BCUT2D eigenvalue weighted by molar-refractivity contribution is 5.68. The fraction of sp³-hybridized carbons (Fsp3) is 0.625. The Bertz CT molecular complexity index is 616. The van der Waals surface area contributed by atoms with Crippen molar-refractivity contribution in [1.29, 1.82) is 0 Å². The first-order valence-electron chi connectivity index (χ1n) is 8.22. The number of amides is 1. The lowest BCUT2D eigenvalue weighted by Crippen LogP contribution is -2.42. The Kier molecular flexibility index (Phi) is 5.97. The number of anilines is 1. The average molecular weight is 375 g/mol. The van der Waals surface area contributed by atoms with E-state index in [-0.39, 0.29) is 24.5 Å². The molecule has 2 heterocycles. The van der Waals surface area contributed by atoms with Crippen LogP contribution >= 0.6 is 0 Å². The van der Waals surface area contributed by atoms with Crippen molar-refractivity contribution < 1.29 is 22.7 Å². The third kappa shape index (κ3) is 5.46. The second-order valence-corrected chi connectivity index (χ2v) is 7.19. The van der Waals surface area contributed by atoms with E-state index < -0.39 is 30.0 Å². The maximum Gasteiger partial charge on any atom is 0.408 e. The maximum absolute atomic E-state index is 13.6. The van der Waals surface area contributed by atoms with Gasteiger partial charge in [-0.15, -0.1) is 0 Å². The second kappa shape index (κ2) is 7.67. The smallest absolute Gasteiger partial charge is 0.408 e. The summed E-state index contributed by atoms with van der Waals surface area (Å²) in [6.45, 7) is 5.43. The lowest BCUT2D eigenvalue weighted by atomic mass is 10.1. The summed E-state index contributed by atoms with van der Waals surface area (Å²) in [4.78, 5) is 17.0. The van der Waals surface area contributed by atoms with E-state index in [1.807, 2.05) is 0 Å². The lowest BCUT2D eigenvalue weighted by Gasteiger charge is -2.30. The molecule has 0 radical (unpaired) electrons. The molecule has 2 rings (SSSR count). The van der Waals surface area contributed by atoms with Gasteiger partial charge in [-0.25, -0.2) is 15.6 Å². The minimum absolute atomic E-state index is 0.0226. The van der Waals surface area contributed by atoms with Crippen molar-refractivity contribution in [3.05, 3.63) is 23.9 Å². The van der Waals surface area contributed by atoms with Crippen LogP contribution in [0.2, 0.25) is 0 Å². The number of alkyl carbamates (subject to hydrolysis) is 1. The molecule has 7 nitrogen and oxygen atoms in total. The number of alkyl halides is 3. The number of hydrogen-bond donors (Lipinski definition) is 3. The molecular formula is C16H24F3N5O2. The number of carbonyl (C=O) groups excluding carboxylic acids is 1. The van der Waals surface area contributed by atoms with Crippen LogP contribution in [0.15, 0.2) is 18.3 Å². The largest absolute Gasteiger partial charge is 0.444 e. The summed E-state index contributed by atoms with van der Waals surface area (Å²) in [5, 5.41) is 2.63. The fourth-order valence-electron chi connectivity index (χ4n) is 2.87. The van der Waals surface area contributed by atoms with Crippen molar-refractivity contribution >= 4 is 11.9 Å². The maximum atomic E-state index is 13.6. The molecule has 1 aromatic heterocycles. The molecule has 0 aromatic carbocycles. The first-order chi connectivity index (χ1) is 12.0. The molecular weight excluding hydrogens is 351 g/mol. The van der Waals surface area contributed by atoms with Crippen molar-refractivity contribution in [3.63, 3.8) is 0 Å². The number of nitrogen functional groups attached to an aromatic ring is 1. The van der Waals surface area contributed by atoms with Gasteiger partial charge in [0.05, 0.1) is 0 Å². The third-order valence-corrected chi connectivity index (χ3v) is 3.87. The number of ether oxygens (including phenoxy) is 1. The van der Waals surface area contributed by atoms with Crippen LogP contribution in [0.5, 0.6) is 0 Å². The third-order valence-electron chi connectivity index (χ3n) is 3.87. The van der Waals surface area contributed by atoms with Crippen molar-refractivity contribution in [2.45, 2.75) is 51.1 Å². The van der Waals surface area contributed by atoms with Crippen molar-refractivity contribution in [2.24, 2.45) is 5.84 Å². The van der Waals surface area contributed by atoms with Crippen LogP contribution in [0.3, 0.4) is 0 Å². The number of hydrazine groups is 1. The van der Waals surface area contributed by atoms with Gasteiger partial charge in [0.1, 0.15) is 17.5 Å². The Hall–Kier alpha value is -2.07. The van der Waals surface area contributed by atoms with E-state index in [9.17, 15) is 18.0 Å². The predicted molar refractivity (Wildman–Crippen MR) is 90.2 cm³/mol. The monoisotopic (exact) mass is 375 g/mol. The van der Waals surface area contributed by atoms with Crippen molar-refractivity contribution in [2.75, 3.05) is 18.5 Å². The number of carbonyl (C=O) groups is 1. The first-order valence-corrected chi connectivity index (χ1v) is 8.22. The highest BCUT2D eigenvalue weighted by atomic mass is 19.4. The first kappa shape index (κ1) is 20.2. The molecule has 1 aromatic rings. The standard InChI is InChI=1S/C16H24F3N5O2/c1-15(2,3)26-14(25)22-11-6-7-24(9-11)13(16(17,18)19)10-4-5-12(23-20)21-8-10/h4-5,8,11,13H,6-7,9,20H2,1-3H3,(H,21,23)(H,22,25)/t11-,13?/m0/s1. The van der Waals surface area contributed by atoms with E-state index in [0.29, 0.717) is 6.42 Å². The van der Waals surface area contributed by atoms with Crippen molar-refractivity contribution in [1.82, 2.24) is 15.2 Å². The molecule has 146 valence electrons. The predicted octanol–water partition coefficient (Wildman–Crippen LogP) is 2.57. The highest BCUT2D eigenvalue weighted by Crippen LogP contribution is 2.39. The normalized spacial score (nSPS) is 19.9. The number of pyridine rings is 1. The van der Waals surface area contributed by atoms with Crippen LogP contribution in [-0.2, 0) is 4.74 Å². The minimum atomic E-state index is -4.47. The van der Waals surface area contributed by atoms with Crippen LogP contribution in [-0.4, -0.2) is 46.9 Å². The summed E-state index contributed by atoms with van der Waals surface area (Å²) >= 11 is 0. The SMILES string of the molecule is CC(C)(C)OC(=O)N[C@H]1CCN(C(c2ccc(NN)nc2)C(F)(F)F)C1. The molecule has 1 aliphatic heterocycles. The molecule has 4 N–H and O–H groups in total. The molecule has 1 amide bonds. The number of hydrogen-bond acceptors (Lipinski definition) is 6.